The molecule has 0 atom stereocenters. The molecule has 0 radical (unpaired) electrons. The Bertz CT molecular complexity index is 851. The van der Waals surface area contributed by atoms with Gasteiger partial charge in [0, 0.05) is 5.56 Å². The van der Waals surface area contributed by atoms with Crippen molar-refractivity contribution in [1.29, 1.82) is 0 Å². The van der Waals surface area contributed by atoms with Crippen molar-refractivity contribution in [3.63, 3.8) is 0 Å². The molecule has 22 heavy (non-hydrogen) atoms. The van der Waals surface area contributed by atoms with Crippen LogP contribution in [0.1, 0.15) is 15.9 Å². The quantitative estimate of drug-likeness (QED) is 0.593. The number of carboxylic acid groups (broad SMARTS) is 1. The first-order valence-corrected chi connectivity index (χ1v) is 6.82. The van der Waals surface area contributed by atoms with E-state index in [1.165, 1.54) is 12.1 Å². The highest BCUT2D eigenvalue weighted by Crippen LogP contribution is 2.17. The molecule has 0 aliphatic carbocycles. The summed E-state index contributed by atoms with van der Waals surface area (Å²) in [6.07, 6.45) is 1.72. The molecular weight excluding hydrogens is 276 g/mol. The number of fused-ring (bicyclic) bond motifs is 1. The van der Waals surface area contributed by atoms with Crippen LogP contribution in [0.4, 0.5) is 5.69 Å². The van der Waals surface area contributed by atoms with E-state index in [2.05, 4.69) is 10.5 Å². The van der Waals surface area contributed by atoms with Crippen molar-refractivity contribution < 1.29 is 9.90 Å². The smallest absolute Gasteiger partial charge is 0.0716 e. The lowest BCUT2D eigenvalue weighted by atomic mass is 10.1. The second-order valence-corrected chi connectivity index (χ2v) is 4.81. The molecule has 0 saturated heterocycles. The second kappa shape index (κ2) is 6.10. The summed E-state index contributed by atoms with van der Waals surface area (Å²) in [6, 6.07) is 20.4. The molecule has 0 heterocycles. The fraction of sp³-hybridized carbons (Fsp3) is 0. The van der Waals surface area contributed by atoms with E-state index < -0.39 is 5.97 Å². The lowest BCUT2D eigenvalue weighted by molar-refractivity contribution is -0.255. The highest BCUT2D eigenvalue weighted by molar-refractivity contribution is 5.99. The topological polar surface area (TPSA) is 64.5 Å². The number of carbonyl (C=O) groups excluding carboxylic acids is 1. The number of aromatic carboxylic acids is 1. The first kappa shape index (κ1) is 13.8. The summed E-state index contributed by atoms with van der Waals surface area (Å²) in [6.45, 7) is 0. The molecule has 0 aromatic heterocycles. The molecule has 3 aromatic carbocycles. The van der Waals surface area contributed by atoms with Crippen molar-refractivity contribution in [2.45, 2.75) is 0 Å². The van der Waals surface area contributed by atoms with E-state index >= 15 is 0 Å². The van der Waals surface area contributed by atoms with Gasteiger partial charge in [-0.05, 0) is 28.5 Å². The maximum Gasteiger partial charge on any atom is 0.0716 e. The molecule has 0 unspecified atom stereocenters. The Kier molecular flexibility index (Phi) is 3.83. The summed E-state index contributed by atoms with van der Waals surface area (Å²) < 4.78 is 0. The number of carboxylic acids is 1. The SMILES string of the molecule is O=C([O-])c1cccc(N/N=C\c2cccc3ccccc23)c1. The number of carbonyl (C=O) groups is 1. The molecule has 0 saturated carbocycles. The minimum Gasteiger partial charge on any atom is -0.545 e. The Morgan fingerprint density at radius 3 is 2.64 bits per heavy atom. The average molecular weight is 289 g/mol. The molecule has 4 heteroatoms. The first-order valence-electron chi connectivity index (χ1n) is 6.82. The van der Waals surface area contributed by atoms with E-state index in [9.17, 15) is 9.90 Å². The Morgan fingerprint density at radius 1 is 1.00 bits per heavy atom. The third-order valence-electron chi connectivity index (χ3n) is 3.32. The van der Waals surface area contributed by atoms with Gasteiger partial charge in [-0.1, -0.05) is 54.6 Å². The van der Waals surface area contributed by atoms with Crippen LogP contribution in [0.5, 0.6) is 0 Å². The van der Waals surface area contributed by atoms with Crippen molar-refractivity contribution in [2.75, 3.05) is 5.43 Å². The fourth-order valence-corrected chi connectivity index (χ4v) is 2.26. The standard InChI is InChI=1S/C18H14N2O2/c21-18(22)14-7-4-9-16(11-14)20-19-12-15-8-3-6-13-5-1-2-10-17(13)15/h1-12,20H,(H,21,22)/p-1/b19-12-. The summed E-state index contributed by atoms with van der Waals surface area (Å²) in [7, 11) is 0. The van der Waals surface area contributed by atoms with Crippen molar-refractivity contribution >= 4 is 28.6 Å². The zero-order valence-electron chi connectivity index (χ0n) is 11.7. The monoisotopic (exact) mass is 289 g/mol. The summed E-state index contributed by atoms with van der Waals surface area (Å²) in [5.41, 5.74) is 4.53. The number of nitrogens with zero attached hydrogens (tertiary/aromatic N) is 1. The van der Waals surface area contributed by atoms with Gasteiger partial charge in [-0.15, -0.1) is 0 Å². The van der Waals surface area contributed by atoms with Gasteiger partial charge >= 0.3 is 0 Å². The van der Waals surface area contributed by atoms with Gasteiger partial charge in [-0.3, -0.25) is 5.43 Å². The molecule has 3 aromatic rings. The van der Waals surface area contributed by atoms with E-state index in [1.807, 2.05) is 42.5 Å². The molecule has 0 aliphatic heterocycles. The molecule has 0 bridgehead atoms. The summed E-state index contributed by atoms with van der Waals surface area (Å²) in [4.78, 5) is 10.8. The number of anilines is 1. The molecule has 0 spiro atoms. The number of hydrazone groups is 1. The predicted octanol–water partition coefficient (Wildman–Crippen LogP) is 2.65. The molecule has 4 nitrogen and oxygen atoms in total. The van der Waals surface area contributed by atoms with Crippen LogP contribution in [0.25, 0.3) is 10.8 Å². The zero-order valence-corrected chi connectivity index (χ0v) is 11.7. The number of nitrogens with one attached hydrogen (secondary N) is 1. The minimum atomic E-state index is -1.21. The maximum atomic E-state index is 10.8. The van der Waals surface area contributed by atoms with Gasteiger partial charge in [0.15, 0.2) is 0 Å². The van der Waals surface area contributed by atoms with Crippen molar-refractivity contribution in [3.05, 3.63) is 77.9 Å². The van der Waals surface area contributed by atoms with Gasteiger partial charge in [0.2, 0.25) is 0 Å². The summed E-state index contributed by atoms with van der Waals surface area (Å²) >= 11 is 0. The third-order valence-corrected chi connectivity index (χ3v) is 3.32. The summed E-state index contributed by atoms with van der Waals surface area (Å²) in [5.74, 6) is -1.21. The highest BCUT2D eigenvalue weighted by atomic mass is 16.4. The van der Waals surface area contributed by atoms with E-state index in [1.54, 1.807) is 18.3 Å². The van der Waals surface area contributed by atoms with Crippen LogP contribution in [-0.4, -0.2) is 12.2 Å². The maximum absolute atomic E-state index is 10.8. The van der Waals surface area contributed by atoms with Crippen molar-refractivity contribution in [1.82, 2.24) is 0 Å². The first-order chi connectivity index (χ1) is 10.7. The molecule has 108 valence electrons. The Hall–Kier alpha value is -3.14. The van der Waals surface area contributed by atoms with Crippen LogP contribution in [0.15, 0.2) is 71.8 Å². The van der Waals surface area contributed by atoms with E-state index in [-0.39, 0.29) is 5.56 Å². The van der Waals surface area contributed by atoms with Gasteiger partial charge < -0.3 is 9.90 Å². The molecule has 0 amide bonds. The largest absolute Gasteiger partial charge is 0.545 e. The summed E-state index contributed by atoms with van der Waals surface area (Å²) in [5, 5.41) is 17.2. The molecule has 0 aliphatic rings. The number of benzene rings is 3. The molecule has 1 N–H and O–H groups in total. The minimum absolute atomic E-state index is 0.116. The predicted molar refractivity (Wildman–Crippen MR) is 85.9 cm³/mol. The van der Waals surface area contributed by atoms with Crippen LogP contribution in [0.2, 0.25) is 0 Å². The van der Waals surface area contributed by atoms with E-state index in [4.69, 9.17) is 0 Å². The van der Waals surface area contributed by atoms with Gasteiger partial charge in [-0.2, -0.15) is 5.10 Å². The lowest BCUT2D eigenvalue weighted by Crippen LogP contribution is -2.22. The number of rotatable bonds is 4. The molecular formula is C18H13N2O2-. The van der Waals surface area contributed by atoms with Crippen LogP contribution < -0.4 is 10.5 Å². The van der Waals surface area contributed by atoms with E-state index in [0.717, 1.165) is 16.3 Å². The third kappa shape index (κ3) is 2.96. The second-order valence-electron chi connectivity index (χ2n) is 4.81. The van der Waals surface area contributed by atoms with Crippen LogP contribution in [0, 0.1) is 0 Å². The highest BCUT2D eigenvalue weighted by Gasteiger charge is 1.98. The van der Waals surface area contributed by atoms with Crippen molar-refractivity contribution in [3.8, 4) is 0 Å². The van der Waals surface area contributed by atoms with Gasteiger partial charge in [0.05, 0.1) is 17.9 Å². The van der Waals surface area contributed by atoms with Gasteiger partial charge in [0.25, 0.3) is 0 Å². The van der Waals surface area contributed by atoms with Crippen LogP contribution in [-0.2, 0) is 0 Å². The molecule has 3 rings (SSSR count). The van der Waals surface area contributed by atoms with Crippen LogP contribution in [0.3, 0.4) is 0 Å². The van der Waals surface area contributed by atoms with E-state index in [0.29, 0.717) is 5.69 Å². The van der Waals surface area contributed by atoms with Gasteiger partial charge in [-0.25, -0.2) is 0 Å². The Labute approximate surface area is 127 Å². The number of hydrogen-bond donors (Lipinski definition) is 1. The zero-order chi connectivity index (χ0) is 15.4. The Morgan fingerprint density at radius 2 is 1.77 bits per heavy atom. The fourth-order valence-electron chi connectivity index (χ4n) is 2.26. The normalized spacial score (nSPS) is 10.9. The Balaban J connectivity index is 1.82. The lowest BCUT2D eigenvalue weighted by Gasteiger charge is -2.05. The van der Waals surface area contributed by atoms with Crippen molar-refractivity contribution in [2.24, 2.45) is 5.10 Å². The average Bonchev–Trinajstić information content (AvgIpc) is 2.55. The van der Waals surface area contributed by atoms with Gasteiger partial charge in [0.1, 0.15) is 0 Å². The number of hydrogen-bond acceptors (Lipinski definition) is 4. The molecule has 0 fully saturated rings. The van der Waals surface area contributed by atoms with Crippen LogP contribution >= 0.6 is 0 Å².